The van der Waals surface area contributed by atoms with Gasteiger partial charge in [-0.05, 0) is 34.1 Å². The summed E-state index contributed by atoms with van der Waals surface area (Å²) in [5.41, 5.74) is 6.57. The summed E-state index contributed by atoms with van der Waals surface area (Å²) in [6, 6.07) is 12.3. The number of pyridine rings is 1. The second kappa shape index (κ2) is 5.09. The van der Waals surface area contributed by atoms with Gasteiger partial charge in [0, 0.05) is 27.1 Å². The third-order valence-corrected chi connectivity index (χ3v) is 3.33. The number of ether oxygens (including phenoxy) is 1. The van der Waals surface area contributed by atoms with Gasteiger partial charge in [-0.1, -0.05) is 24.3 Å². The molecule has 100 valence electrons. The maximum Gasteiger partial charge on any atom is 0.255 e. The monoisotopic (exact) mass is 332 g/mol. The van der Waals surface area contributed by atoms with Crippen LogP contribution in [-0.2, 0) is 0 Å². The van der Waals surface area contributed by atoms with E-state index < -0.39 is 5.82 Å². The highest BCUT2D eigenvalue weighted by Crippen LogP contribution is 2.33. The Kier molecular flexibility index (Phi) is 3.28. The third kappa shape index (κ3) is 2.32. The number of fused-ring (bicyclic) bond motifs is 1. The second-order valence-electron chi connectivity index (χ2n) is 4.24. The Morgan fingerprint density at radius 1 is 1.10 bits per heavy atom. The Labute approximate surface area is 123 Å². The molecular weight excluding hydrogens is 323 g/mol. The fraction of sp³-hybridized carbons (Fsp3) is 0. The maximum absolute atomic E-state index is 13.8. The summed E-state index contributed by atoms with van der Waals surface area (Å²) in [5.74, 6) is -0.0769. The van der Waals surface area contributed by atoms with E-state index in [9.17, 15) is 4.39 Å². The van der Waals surface area contributed by atoms with E-state index in [4.69, 9.17) is 10.5 Å². The molecule has 2 aromatic carbocycles. The van der Waals surface area contributed by atoms with Crippen LogP contribution in [0.25, 0.3) is 10.8 Å². The molecular formula is C15H10BrFN2O. The molecule has 5 heteroatoms. The maximum atomic E-state index is 13.8. The summed E-state index contributed by atoms with van der Waals surface area (Å²) in [6.07, 6.45) is 1.48. The lowest BCUT2D eigenvalue weighted by Gasteiger charge is -2.10. The molecule has 0 radical (unpaired) electrons. The SMILES string of the molecule is Nc1ccc(Oc2ncc(Br)cc2F)c2ccccc12. The van der Waals surface area contributed by atoms with Gasteiger partial charge in [-0.15, -0.1) is 0 Å². The molecule has 0 spiro atoms. The standard InChI is InChI=1S/C15H10BrFN2O/c16-9-7-12(17)15(19-8-9)20-14-6-5-13(18)10-3-1-2-4-11(10)14/h1-8H,18H2. The first-order chi connectivity index (χ1) is 9.65. The molecule has 1 aromatic heterocycles. The first-order valence-corrected chi connectivity index (χ1v) is 6.70. The average Bonchev–Trinajstić information content (AvgIpc) is 2.45. The Morgan fingerprint density at radius 3 is 2.60 bits per heavy atom. The second-order valence-corrected chi connectivity index (χ2v) is 5.16. The number of hydrogen-bond donors (Lipinski definition) is 1. The van der Waals surface area contributed by atoms with Gasteiger partial charge in [0.2, 0.25) is 0 Å². The van der Waals surface area contributed by atoms with Crippen molar-refractivity contribution in [1.82, 2.24) is 4.98 Å². The van der Waals surface area contributed by atoms with Crippen LogP contribution in [0.5, 0.6) is 11.6 Å². The topological polar surface area (TPSA) is 48.1 Å². The van der Waals surface area contributed by atoms with Gasteiger partial charge >= 0.3 is 0 Å². The van der Waals surface area contributed by atoms with E-state index >= 15 is 0 Å². The van der Waals surface area contributed by atoms with Crippen LogP contribution in [0, 0.1) is 5.82 Å². The van der Waals surface area contributed by atoms with E-state index in [0.717, 1.165) is 10.8 Å². The van der Waals surface area contributed by atoms with Crippen molar-refractivity contribution in [3.8, 4) is 11.6 Å². The van der Waals surface area contributed by atoms with Crippen LogP contribution in [0.4, 0.5) is 10.1 Å². The molecule has 1 heterocycles. The minimum Gasteiger partial charge on any atom is -0.436 e. The van der Waals surface area contributed by atoms with Crippen molar-refractivity contribution in [1.29, 1.82) is 0 Å². The molecule has 3 rings (SSSR count). The summed E-state index contributed by atoms with van der Waals surface area (Å²) < 4.78 is 19.9. The number of nitrogens with two attached hydrogens (primary N) is 1. The van der Waals surface area contributed by atoms with Crippen molar-refractivity contribution in [3.63, 3.8) is 0 Å². The highest BCUT2D eigenvalue weighted by molar-refractivity contribution is 9.10. The smallest absolute Gasteiger partial charge is 0.255 e. The zero-order chi connectivity index (χ0) is 14.1. The zero-order valence-corrected chi connectivity index (χ0v) is 11.9. The number of nitrogens with zero attached hydrogens (tertiary/aromatic N) is 1. The Morgan fingerprint density at radius 2 is 1.85 bits per heavy atom. The van der Waals surface area contributed by atoms with Crippen LogP contribution in [0.1, 0.15) is 0 Å². The Bertz CT molecular complexity index is 792. The number of rotatable bonds is 2. The van der Waals surface area contributed by atoms with Crippen LogP contribution in [0.15, 0.2) is 53.1 Å². The lowest BCUT2D eigenvalue weighted by atomic mass is 10.1. The first kappa shape index (κ1) is 12.9. The van der Waals surface area contributed by atoms with Crippen LogP contribution in [-0.4, -0.2) is 4.98 Å². The molecule has 0 aliphatic heterocycles. The Hall–Kier alpha value is -2.14. The van der Waals surface area contributed by atoms with Crippen molar-refractivity contribution < 1.29 is 9.13 Å². The highest BCUT2D eigenvalue weighted by Gasteiger charge is 2.10. The molecule has 2 N–H and O–H groups in total. The molecule has 0 aliphatic carbocycles. The molecule has 0 aliphatic rings. The lowest BCUT2D eigenvalue weighted by molar-refractivity contribution is 0.426. The minimum atomic E-state index is -0.528. The van der Waals surface area contributed by atoms with Gasteiger partial charge in [-0.3, -0.25) is 0 Å². The van der Waals surface area contributed by atoms with Gasteiger partial charge in [-0.25, -0.2) is 9.37 Å². The van der Waals surface area contributed by atoms with E-state index in [0.29, 0.717) is 15.9 Å². The number of halogens is 2. The van der Waals surface area contributed by atoms with E-state index in [1.165, 1.54) is 12.3 Å². The molecule has 3 nitrogen and oxygen atoms in total. The fourth-order valence-corrected chi connectivity index (χ4v) is 2.27. The summed E-state index contributed by atoms with van der Waals surface area (Å²) in [4.78, 5) is 3.93. The molecule has 0 bridgehead atoms. The highest BCUT2D eigenvalue weighted by atomic mass is 79.9. The summed E-state index contributed by atoms with van der Waals surface area (Å²) in [5, 5.41) is 1.68. The third-order valence-electron chi connectivity index (χ3n) is 2.90. The first-order valence-electron chi connectivity index (χ1n) is 5.91. The normalized spacial score (nSPS) is 10.7. The van der Waals surface area contributed by atoms with Crippen molar-refractivity contribution in [2.45, 2.75) is 0 Å². The number of benzene rings is 2. The fourth-order valence-electron chi connectivity index (χ4n) is 1.97. The number of nitrogen functional groups attached to an aromatic ring is 1. The van der Waals surface area contributed by atoms with Crippen LogP contribution < -0.4 is 10.5 Å². The van der Waals surface area contributed by atoms with Crippen LogP contribution in [0.2, 0.25) is 0 Å². The van der Waals surface area contributed by atoms with Crippen LogP contribution >= 0.6 is 15.9 Å². The lowest BCUT2D eigenvalue weighted by Crippen LogP contribution is -1.94. The van der Waals surface area contributed by atoms with Crippen molar-refractivity contribution in [2.24, 2.45) is 0 Å². The predicted molar refractivity (Wildman–Crippen MR) is 80.3 cm³/mol. The van der Waals surface area contributed by atoms with Crippen molar-refractivity contribution >= 4 is 32.4 Å². The Balaban J connectivity index is 2.09. The van der Waals surface area contributed by atoms with E-state index in [1.807, 2.05) is 24.3 Å². The van der Waals surface area contributed by atoms with Crippen molar-refractivity contribution in [2.75, 3.05) is 5.73 Å². The number of hydrogen-bond acceptors (Lipinski definition) is 3. The molecule has 0 unspecified atom stereocenters. The quantitative estimate of drug-likeness (QED) is 0.702. The number of aromatic nitrogens is 1. The zero-order valence-electron chi connectivity index (χ0n) is 10.3. The summed E-state index contributed by atoms with van der Waals surface area (Å²) >= 11 is 3.16. The number of anilines is 1. The molecule has 0 saturated carbocycles. The molecule has 0 atom stereocenters. The van der Waals surface area contributed by atoms with E-state index in [2.05, 4.69) is 20.9 Å². The molecule has 20 heavy (non-hydrogen) atoms. The van der Waals surface area contributed by atoms with Gasteiger partial charge in [0.15, 0.2) is 5.82 Å². The predicted octanol–water partition coefficient (Wildman–Crippen LogP) is 4.51. The largest absolute Gasteiger partial charge is 0.436 e. The van der Waals surface area contributed by atoms with E-state index in [1.54, 1.807) is 12.1 Å². The van der Waals surface area contributed by atoms with Gasteiger partial charge in [-0.2, -0.15) is 0 Å². The molecule has 0 saturated heterocycles. The van der Waals surface area contributed by atoms with Gasteiger partial charge in [0.05, 0.1) is 0 Å². The van der Waals surface area contributed by atoms with Crippen molar-refractivity contribution in [3.05, 3.63) is 59.0 Å². The van der Waals surface area contributed by atoms with Gasteiger partial charge < -0.3 is 10.5 Å². The van der Waals surface area contributed by atoms with Crippen LogP contribution in [0.3, 0.4) is 0 Å². The summed E-state index contributed by atoms with van der Waals surface area (Å²) in [6.45, 7) is 0. The molecule has 0 fully saturated rings. The summed E-state index contributed by atoms with van der Waals surface area (Å²) in [7, 11) is 0. The average molecular weight is 333 g/mol. The molecule has 0 amide bonds. The van der Waals surface area contributed by atoms with E-state index in [-0.39, 0.29) is 5.88 Å². The minimum absolute atomic E-state index is 0.0666. The molecule has 3 aromatic rings. The van der Waals surface area contributed by atoms with Gasteiger partial charge in [0.25, 0.3) is 5.88 Å². The van der Waals surface area contributed by atoms with Gasteiger partial charge in [0.1, 0.15) is 5.75 Å².